The number of fused-ring (bicyclic) bond motifs is 10. The summed E-state index contributed by atoms with van der Waals surface area (Å²) in [5.41, 5.74) is 14.8. The summed E-state index contributed by atoms with van der Waals surface area (Å²) in [4.78, 5) is 4.25. The Kier molecular flexibility index (Phi) is 12.6. The van der Waals surface area contributed by atoms with Crippen LogP contribution in [-0.4, -0.2) is 0 Å². The number of hydrogen-bond donors (Lipinski definition) is 0. The number of halogens is 2. The largest absolute Gasteiger partial charge is 0.308 e. The molecular formula is C87H58F2N2. The Balaban J connectivity index is 0.871. The molecule has 0 heterocycles. The maximum absolute atomic E-state index is 18.4. The van der Waals surface area contributed by atoms with Gasteiger partial charge in [0.15, 0.2) is 11.6 Å². The molecule has 0 atom stereocenters. The standard InChI is InChI=1S/C87H58F2N2/c1-87(2)80-33-19-32-73-76-53-68(90(66-41-38-61-36-34-59-28-15-17-30-70(59)74(61)51-66)82-49-64(55-20-7-3-8-21-55)47-77(85(82)88)57-24-11-5-12-25-57)43-40-63(76)46-79(84(73)80)72-45-44-69(54-81(72)87)91(67-42-39-62-37-35-60-29-16-18-31-71(60)75(62)52-67)83-50-65(56-22-9-4-10-23-56)48-78(86(83)89)58-26-13-6-14-27-58/h3-54H,1-2H3. The summed E-state index contributed by atoms with van der Waals surface area (Å²) >= 11 is 0. The van der Waals surface area contributed by atoms with E-state index in [9.17, 15) is 0 Å². The molecule has 0 unspecified atom stereocenters. The smallest absolute Gasteiger partial charge is 0.155 e. The third kappa shape index (κ3) is 8.97. The van der Waals surface area contributed by atoms with Gasteiger partial charge in [0, 0.05) is 39.3 Å². The van der Waals surface area contributed by atoms with E-state index >= 15 is 8.78 Å². The van der Waals surface area contributed by atoms with Crippen LogP contribution < -0.4 is 9.80 Å². The Bertz CT molecular complexity index is 5590. The number of nitrogens with zero attached hydrogens (tertiary/aromatic N) is 2. The van der Waals surface area contributed by atoms with Gasteiger partial charge in [-0.3, -0.25) is 0 Å². The van der Waals surface area contributed by atoms with Gasteiger partial charge in [-0.15, -0.1) is 0 Å². The molecule has 0 saturated heterocycles. The van der Waals surface area contributed by atoms with Crippen molar-refractivity contribution < 1.29 is 8.78 Å². The van der Waals surface area contributed by atoms with E-state index in [-0.39, 0.29) is 11.6 Å². The zero-order chi connectivity index (χ0) is 60.9. The number of anilines is 6. The van der Waals surface area contributed by atoms with Crippen LogP contribution in [0.1, 0.15) is 25.0 Å². The van der Waals surface area contributed by atoms with Crippen LogP contribution in [0, 0.1) is 11.6 Å². The molecular weight excluding hydrogens is 1110 g/mol. The van der Waals surface area contributed by atoms with E-state index in [1.807, 2.05) is 121 Å². The van der Waals surface area contributed by atoms with Crippen molar-refractivity contribution >= 4 is 98.8 Å². The molecule has 16 aromatic carbocycles. The molecule has 0 amide bonds. The second-order valence-corrected chi connectivity index (χ2v) is 24.6. The van der Waals surface area contributed by atoms with Crippen LogP contribution in [0.25, 0.3) is 120 Å². The Morgan fingerprint density at radius 3 is 1.10 bits per heavy atom. The van der Waals surface area contributed by atoms with Crippen molar-refractivity contribution in [2.24, 2.45) is 0 Å². The molecule has 430 valence electrons. The van der Waals surface area contributed by atoms with Gasteiger partial charge in [-0.1, -0.05) is 250 Å². The maximum atomic E-state index is 18.4. The Morgan fingerprint density at radius 2 is 0.615 bits per heavy atom. The summed E-state index contributed by atoms with van der Waals surface area (Å²) in [6, 6.07) is 109. The molecule has 0 radical (unpaired) electrons. The zero-order valence-corrected chi connectivity index (χ0v) is 50.2. The first kappa shape index (κ1) is 53.8. The third-order valence-electron chi connectivity index (χ3n) is 19.1. The van der Waals surface area contributed by atoms with Gasteiger partial charge in [0.2, 0.25) is 0 Å². The fraction of sp³-hybridized carbons (Fsp3) is 0.0345. The van der Waals surface area contributed by atoms with Crippen LogP contribution in [0.4, 0.5) is 42.9 Å². The Hall–Kier alpha value is -11.5. The highest BCUT2D eigenvalue weighted by molar-refractivity contribution is 6.18. The molecule has 0 N–H and O–H groups in total. The van der Waals surface area contributed by atoms with Gasteiger partial charge in [0.1, 0.15) is 0 Å². The Labute approximate surface area is 527 Å². The van der Waals surface area contributed by atoms with E-state index in [0.717, 1.165) is 132 Å². The highest BCUT2D eigenvalue weighted by atomic mass is 19.1. The second kappa shape index (κ2) is 21.4. The third-order valence-corrected chi connectivity index (χ3v) is 19.1. The fourth-order valence-electron chi connectivity index (χ4n) is 14.5. The number of hydrogen-bond acceptors (Lipinski definition) is 2. The van der Waals surface area contributed by atoms with Crippen LogP contribution in [-0.2, 0) is 5.41 Å². The van der Waals surface area contributed by atoms with E-state index in [1.165, 1.54) is 10.9 Å². The van der Waals surface area contributed by atoms with Crippen LogP contribution in [0.2, 0.25) is 0 Å². The van der Waals surface area contributed by atoms with Crippen LogP contribution >= 0.6 is 0 Å². The normalized spacial score (nSPS) is 12.5. The highest BCUT2D eigenvalue weighted by Gasteiger charge is 2.36. The predicted octanol–water partition coefficient (Wildman–Crippen LogP) is 24.8. The molecule has 91 heavy (non-hydrogen) atoms. The van der Waals surface area contributed by atoms with Crippen molar-refractivity contribution in [3.63, 3.8) is 0 Å². The maximum Gasteiger partial charge on any atom is 0.155 e. The van der Waals surface area contributed by atoms with Crippen LogP contribution in [0.3, 0.4) is 0 Å². The molecule has 1 aliphatic rings. The van der Waals surface area contributed by atoms with Gasteiger partial charge in [-0.2, -0.15) is 0 Å². The van der Waals surface area contributed by atoms with Crippen molar-refractivity contribution in [1.29, 1.82) is 0 Å². The SMILES string of the molecule is CC1(C)c2cc(N(c3ccc4ccc5ccccc5c4c3)c3cc(-c4ccccc4)cc(-c4ccccc4)c3F)ccc2-c2cc3ccc(N(c4ccc5ccc6ccccc6c5c4)c4cc(-c5ccccc5)cc(-c5ccccc5)c4F)cc3c3cccc1c23. The first-order chi connectivity index (χ1) is 44.7. The summed E-state index contributed by atoms with van der Waals surface area (Å²) in [5, 5.41) is 13.4. The molecule has 1 aliphatic carbocycles. The average molecular weight is 1170 g/mol. The minimum Gasteiger partial charge on any atom is -0.308 e. The van der Waals surface area contributed by atoms with Gasteiger partial charge < -0.3 is 9.80 Å². The quantitative estimate of drug-likeness (QED) is 0.126. The lowest BCUT2D eigenvalue weighted by Crippen LogP contribution is -2.24. The topological polar surface area (TPSA) is 6.48 Å². The minimum atomic E-state index is -0.525. The summed E-state index contributed by atoms with van der Waals surface area (Å²) < 4.78 is 36.7. The molecule has 0 spiro atoms. The summed E-state index contributed by atoms with van der Waals surface area (Å²) in [7, 11) is 0. The van der Waals surface area contributed by atoms with Crippen molar-refractivity contribution in [1.82, 2.24) is 0 Å². The molecule has 2 nitrogen and oxygen atoms in total. The lowest BCUT2D eigenvalue weighted by molar-refractivity contribution is 0.632. The van der Waals surface area contributed by atoms with Gasteiger partial charge in [0.25, 0.3) is 0 Å². The molecule has 0 fully saturated rings. The summed E-state index contributed by atoms with van der Waals surface area (Å²) in [6.07, 6.45) is 0. The van der Waals surface area contributed by atoms with E-state index in [2.05, 4.69) is 218 Å². The zero-order valence-electron chi connectivity index (χ0n) is 50.2. The molecule has 4 heteroatoms. The summed E-state index contributed by atoms with van der Waals surface area (Å²) in [6.45, 7) is 4.64. The fourth-order valence-corrected chi connectivity index (χ4v) is 14.5. The molecule has 16 aromatic rings. The van der Waals surface area contributed by atoms with Crippen molar-refractivity contribution in [2.45, 2.75) is 19.3 Å². The van der Waals surface area contributed by atoms with Gasteiger partial charge in [0.05, 0.1) is 11.4 Å². The van der Waals surface area contributed by atoms with Crippen LogP contribution in [0.15, 0.2) is 315 Å². The lowest BCUT2D eigenvalue weighted by atomic mass is 9.68. The number of benzene rings is 16. The van der Waals surface area contributed by atoms with E-state index in [1.54, 1.807) is 0 Å². The van der Waals surface area contributed by atoms with Crippen molar-refractivity contribution in [3.8, 4) is 55.6 Å². The molecule has 0 aliphatic heterocycles. The van der Waals surface area contributed by atoms with E-state index < -0.39 is 5.41 Å². The monoisotopic (exact) mass is 1170 g/mol. The average Bonchev–Trinajstić information content (AvgIpc) is 0.721. The first-order valence-corrected chi connectivity index (χ1v) is 31.2. The molecule has 17 rings (SSSR count). The Morgan fingerprint density at radius 1 is 0.242 bits per heavy atom. The van der Waals surface area contributed by atoms with Crippen molar-refractivity contribution in [2.75, 3.05) is 9.80 Å². The number of rotatable bonds is 10. The van der Waals surface area contributed by atoms with Gasteiger partial charge in [-0.25, -0.2) is 8.78 Å². The van der Waals surface area contributed by atoms with Crippen LogP contribution in [0.5, 0.6) is 0 Å². The lowest BCUT2D eigenvalue weighted by Gasteiger charge is -2.37. The van der Waals surface area contributed by atoms with Crippen molar-refractivity contribution in [3.05, 3.63) is 338 Å². The molecule has 0 saturated carbocycles. The van der Waals surface area contributed by atoms with E-state index in [0.29, 0.717) is 22.5 Å². The highest BCUT2D eigenvalue weighted by Crippen LogP contribution is 2.54. The van der Waals surface area contributed by atoms with Gasteiger partial charge >= 0.3 is 0 Å². The molecule has 0 bridgehead atoms. The summed E-state index contributed by atoms with van der Waals surface area (Å²) in [5.74, 6) is -0.618. The predicted molar refractivity (Wildman–Crippen MR) is 380 cm³/mol. The minimum absolute atomic E-state index is 0.308. The second-order valence-electron chi connectivity index (χ2n) is 24.6. The first-order valence-electron chi connectivity index (χ1n) is 31.2. The molecule has 0 aromatic heterocycles. The van der Waals surface area contributed by atoms with Gasteiger partial charge in [-0.05, 0) is 199 Å². The van der Waals surface area contributed by atoms with E-state index in [4.69, 9.17) is 0 Å².